The van der Waals surface area contributed by atoms with Crippen molar-refractivity contribution in [1.82, 2.24) is 4.90 Å². The van der Waals surface area contributed by atoms with Gasteiger partial charge in [-0.3, -0.25) is 0 Å². The van der Waals surface area contributed by atoms with Crippen LogP contribution in [0.5, 0.6) is 0 Å². The summed E-state index contributed by atoms with van der Waals surface area (Å²) in [5.41, 5.74) is 7.23. The fourth-order valence-electron chi connectivity index (χ4n) is 5.53. The van der Waals surface area contributed by atoms with Gasteiger partial charge >= 0.3 is 0 Å². The van der Waals surface area contributed by atoms with Gasteiger partial charge in [0.25, 0.3) is 0 Å². The lowest BCUT2D eigenvalue weighted by atomic mass is 9.80. The SMILES string of the molecule is C1=CN2C=CCc3c2c(cc2cc4c(cc32)=CC2CC=CN3C=CCC4=C23)=C1. The lowest BCUT2D eigenvalue weighted by molar-refractivity contribution is 0.510. The zero-order valence-corrected chi connectivity index (χ0v) is 15.6. The third-order valence-electron chi connectivity index (χ3n) is 6.67. The van der Waals surface area contributed by atoms with E-state index in [1.165, 1.54) is 49.3 Å². The molecule has 4 heterocycles. The molecular formula is C26H20N2. The molecule has 1 unspecified atom stereocenters. The highest BCUT2D eigenvalue weighted by Crippen LogP contribution is 2.41. The van der Waals surface area contributed by atoms with Crippen LogP contribution in [0.4, 0.5) is 5.69 Å². The molecule has 5 aliphatic rings. The molecule has 134 valence electrons. The third kappa shape index (κ3) is 1.83. The maximum absolute atomic E-state index is 2.50. The van der Waals surface area contributed by atoms with E-state index in [1.54, 1.807) is 0 Å². The minimum atomic E-state index is 0.497. The Morgan fingerprint density at radius 3 is 2.71 bits per heavy atom. The van der Waals surface area contributed by atoms with Crippen LogP contribution in [0, 0.1) is 5.92 Å². The zero-order valence-electron chi connectivity index (χ0n) is 15.6. The van der Waals surface area contributed by atoms with Crippen molar-refractivity contribution in [3.8, 4) is 0 Å². The molecule has 0 N–H and O–H groups in total. The van der Waals surface area contributed by atoms with E-state index in [2.05, 4.69) is 89.3 Å². The van der Waals surface area contributed by atoms with E-state index in [0.29, 0.717) is 5.92 Å². The van der Waals surface area contributed by atoms with Crippen LogP contribution >= 0.6 is 0 Å². The second-order valence-corrected chi connectivity index (χ2v) is 8.21. The lowest BCUT2D eigenvalue weighted by Crippen LogP contribution is -2.30. The number of nitrogens with zero attached hydrogens (tertiary/aromatic N) is 2. The number of hydrogen-bond donors (Lipinski definition) is 0. The van der Waals surface area contributed by atoms with Crippen molar-refractivity contribution < 1.29 is 0 Å². The van der Waals surface area contributed by atoms with Crippen LogP contribution in [0.25, 0.3) is 28.5 Å². The average molecular weight is 360 g/mol. The number of fused-ring (bicyclic) bond motifs is 4. The van der Waals surface area contributed by atoms with Gasteiger partial charge in [-0.2, -0.15) is 0 Å². The summed E-state index contributed by atoms with van der Waals surface area (Å²) in [6.07, 6.45) is 25.7. The number of allylic oxidation sites excluding steroid dienone is 6. The van der Waals surface area contributed by atoms with Crippen LogP contribution in [0.15, 0.2) is 73.0 Å². The Balaban J connectivity index is 1.56. The Labute approximate surface area is 164 Å². The maximum atomic E-state index is 2.50. The molecule has 1 aliphatic carbocycles. The van der Waals surface area contributed by atoms with Gasteiger partial charge in [0, 0.05) is 36.4 Å². The van der Waals surface area contributed by atoms with Crippen molar-refractivity contribution >= 4 is 34.2 Å². The summed E-state index contributed by atoms with van der Waals surface area (Å²) >= 11 is 0. The first kappa shape index (κ1) is 14.8. The summed E-state index contributed by atoms with van der Waals surface area (Å²) in [7, 11) is 0. The predicted molar refractivity (Wildman–Crippen MR) is 116 cm³/mol. The van der Waals surface area contributed by atoms with Crippen LogP contribution in [0.1, 0.15) is 24.0 Å². The molecule has 0 spiro atoms. The predicted octanol–water partition coefficient (Wildman–Crippen LogP) is 4.28. The minimum absolute atomic E-state index is 0.497. The van der Waals surface area contributed by atoms with E-state index in [0.717, 1.165) is 19.3 Å². The van der Waals surface area contributed by atoms with Crippen molar-refractivity contribution in [3.63, 3.8) is 0 Å². The van der Waals surface area contributed by atoms with Crippen LogP contribution in [-0.4, -0.2) is 4.90 Å². The van der Waals surface area contributed by atoms with Gasteiger partial charge in [0.05, 0.1) is 5.69 Å². The Hall–Kier alpha value is -3.26. The van der Waals surface area contributed by atoms with E-state index in [-0.39, 0.29) is 0 Å². The molecule has 2 aromatic carbocycles. The first-order chi connectivity index (χ1) is 13.9. The fourth-order valence-corrected chi connectivity index (χ4v) is 5.53. The molecular weight excluding hydrogens is 340 g/mol. The molecule has 0 aromatic heterocycles. The summed E-state index contributed by atoms with van der Waals surface area (Å²) in [5, 5.41) is 5.51. The quantitative estimate of drug-likeness (QED) is 0.692. The highest BCUT2D eigenvalue weighted by Gasteiger charge is 2.29. The van der Waals surface area contributed by atoms with Crippen LogP contribution < -0.4 is 15.3 Å². The smallest absolute Gasteiger partial charge is 0.0563 e. The molecule has 2 aromatic rings. The van der Waals surface area contributed by atoms with Gasteiger partial charge in [-0.15, -0.1) is 0 Å². The highest BCUT2D eigenvalue weighted by atomic mass is 15.1. The molecule has 0 bridgehead atoms. The van der Waals surface area contributed by atoms with Crippen molar-refractivity contribution in [1.29, 1.82) is 0 Å². The van der Waals surface area contributed by atoms with Gasteiger partial charge in [0.15, 0.2) is 0 Å². The summed E-state index contributed by atoms with van der Waals surface area (Å²) < 4.78 is 0. The number of hydrogen-bond acceptors (Lipinski definition) is 2. The molecule has 0 radical (unpaired) electrons. The highest BCUT2D eigenvalue weighted by molar-refractivity contribution is 5.96. The van der Waals surface area contributed by atoms with E-state index in [4.69, 9.17) is 0 Å². The molecule has 0 fully saturated rings. The number of benzene rings is 2. The largest absolute Gasteiger partial charge is 0.327 e. The second kappa shape index (κ2) is 5.17. The molecule has 28 heavy (non-hydrogen) atoms. The van der Waals surface area contributed by atoms with Gasteiger partial charge < -0.3 is 9.80 Å². The minimum Gasteiger partial charge on any atom is -0.327 e. The van der Waals surface area contributed by atoms with Crippen LogP contribution in [0.2, 0.25) is 0 Å². The van der Waals surface area contributed by atoms with Gasteiger partial charge in [-0.25, -0.2) is 0 Å². The van der Waals surface area contributed by atoms with Gasteiger partial charge in [-0.05, 0) is 81.4 Å². The van der Waals surface area contributed by atoms with E-state index in [9.17, 15) is 0 Å². The van der Waals surface area contributed by atoms with E-state index in [1.807, 2.05) is 0 Å². The molecule has 2 heteroatoms. The molecule has 0 amide bonds. The van der Waals surface area contributed by atoms with Crippen LogP contribution in [0.3, 0.4) is 0 Å². The molecule has 4 aliphatic heterocycles. The Bertz CT molecular complexity index is 1350. The molecule has 0 saturated heterocycles. The first-order valence-corrected chi connectivity index (χ1v) is 10.2. The van der Waals surface area contributed by atoms with E-state index >= 15 is 0 Å². The lowest BCUT2D eigenvalue weighted by Gasteiger charge is -2.36. The molecule has 0 saturated carbocycles. The average Bonchev–Trinajstić information content (AvgIpc) is 2.74. The second-order valence-electron chi connectivity index (χ2n) is 8.21. The Morgan fingerprint density at radius 2 is 1.71 bits per heavy atom. The van der Waals surface area contributed by atoms with Crippen molar-refractivity contribution in [2.24, 2.45) is 5.92 Å². The summed E-state index contributed by atoms with van der Waals surface area (Å²) in [5.74, 6) is 0.497. The fraction of sp³-hybridized carbons (Fsp3) is 0.154. The molecule has 1 atom stereocenters. The molecule has 2 nitrogen and oxygen atoms in total. The third-order valence-corrected chi connectivity index (χ3v) is 6.67. The summed E-state index contributed by atoms with van der Waals surface area (Å²) in [6, 6.07) is 7.28. The number of rotatable bonds is 0. The van der Waals surface area contributed by atoms with Gasteiger partial charge in [0.2, 0.25) is 0 Å². The molecule has 7 rings (SSSR count). The summed E-state index contributed by atoms with van der Waals surface area (Å²) in [4.78, 5) is 4.60. The standard InChI is InChI=1S/C26H20N2/c1-5-17-13-19-15-24-20(16-23(19)21-7-3-11-27(9-1)25(17)21)14-18-6-2-10-28-12-4-8-22(24)26(18)28/h1-5,9-16,18H,6-8H2. The topological polar surface area (TPSA) is 6.48 Å². The monoisotopic (exact) mass is 360 g/mol. The summed E-state index contributed by atoms with van der Waals surface area (Å²) in [6.45, 7) is 0. The van der Waals surface area contributed by atoms with Gasteiger partial charge in [-0.1, -0.05) is 30.4 Å². The van der Waals surface area contributed by atoms with Crippen molar-refractivity contribution in [3.05, 3.63) is 94.6 Å². The Morgan fingerprint density at radius 1 is 0.821 bits per heavy atom. The van der Waals surface area contributed by atoms with E-state index < -0.39 is 0 Å². The Kier molecular flexibility index (Phi) is 2.72. The van der Waals surface area contributed by atoms with Crippen LogP contribution in [-0.2, 0) is 6.42 Å². The number of anilines is 1. The normalized spacial score (nSPS) is 22.6. The van der Waals surface area contributed by atoms with Crippen molar-refractivity contribution in [2.75, 3.05) is 4.90 Å². The zero-order chi connectivity index (χ0) is 18.2. The maximum Gasteiger partial charge on any atom is 0.0563 e. The van der Waals surface area contributed by atoms with Gasteiger partial charge in [0.1, 0.15) is 0 Å². The van der Waals surface area contributed by atoms with Crippen molar-refractivity contribution in [2.45, 2.75) is 19.3 Å². The first-order valence-electron chi connectivity index (χ1n) is 10.2.